The van der Waals surface area contributed by atoms with E-state index in [2.05, 4.69) is 10.2 Å². The smallest absolute Gasteiger partial charge is 0.289 e. The first-order chi connectivity index (χ1) is 15.1. The fourth-order valence-electron chi connectivity index (χ4n) is 3.81. The van der Waals surface area contributed by atoms with Crippen molar-refractivity contribution in [2.45, 2.75) is 19.9 Å². The molecule has 7 nitrogen and oxygen atoms in total. The van der Waals surface area contributed by atoms with Gasteiger partial charge in [0, 0.05) is 31.6 Å². The van der Waals surface area contributed by atoms with Gasteiger partial charge < -0.3 is 19.4 Å². The van der Waals surface area contributed by atoms with Crippen LogP contribution in [0, 0.1) is 0 Å². The number of rotatable bonds is 6. The zero-order valence-corrected chi connectivity index (χ0v) is 17.8. The van der Waals surface area contributed by atoms with Crippen molar-refractivity contribution in [3.8, 4) is 5.75 Å². The molecule has 31 heavy (non-hydrogen) atoms. The topological polar surface area (TPSA) is 75.0 Å². The molecule has 1 atom stereocenters. The maximum Gasteiger partial charge on any atom is 0.289 e. The summed E-state index contributed by atoms with van der Waals surface area (Å²) < 4.78 is 11.3. The van der Waals surface area contributed by atoms with Crippen molar-refractivity contribution in [1.82, 2.24) is 9.80 Å². The number of hydrogen-bond donors (Lipinski definition) is 1. The van der Waals surface area contributed by atoms with Gasteiger partial charge in [0.2, 0.25) is 5.91 Å². The lowest BCUT2D eigenvalue weighted by Gasteiger charge is -2.37. The molecule has 1 unspecified atom stereocenters. The summed E-state index contributed by atoms with van der Waals surface area (Å²) in [6.45, 7) is 6.65. The molecule has 1 N–H and O–H groups in total. The Morgan fingerprint density at radius 1 is 1.06 bits per heavy atom. The molecule has 1 saturated heterocycles. The molecule has 0 bridgehead atoms. The molecule has 0 radical (unpaired) electrons. The largest absolute Gasteiger partial charge is 0.492 e. The summed E-state index contributed by atoms with van der Waals surface area (Å²) in [6.07, 6.45) is 0. The molecule has 162 valence electrons. The van der Waals surface area contributed by atoms with Crippen LogP contribution in [0.2, 0.25) is 0 Å². The highest BCUT2D eigenvalue weighted by Gasteiger charge is 2.29. The minimum Gasteiger partial charge on any atom is -0.492 e. The maximum atomic E-state index is 12.8. The Labute approximate surface area is 181 Å². The predicted octanol–water partition coefficient (Wildman–Crippen LogP) is 3.62. The van der Waals surface area contributed by atoms with Crippen LogP contribution in [-0.2, 0) is 4.79 Å². The average molecular weight is 421 g/mol. The Morgan fingerprint density at radius 3 is 2.52 bits per heavy atom. The molecule has 0 saturated carbocycles. The Bertz CT molecular complexity index is 1040. The average Bonchev–Trinajstić information content (AvgIpc) is 3.24. The molecule has 1 aliphatic rings. The van der Waals surface area contributed by atoms with Crippen LogP contribution in [-0.4, -0.2) is 60.4 Å². The van der Waals surface area contributed by atoms with E-state index in [0.29, 0.717) is 55.6 Å². The fraction of sp³-hybridized carbons (Fsp3) is 0.333. The zero-order chi connectivity index (χ0) is 21.8. The second-order valence-electron chi connectivity index (χ2n) is 7.57. The van der Waals surface area contributed by atoms with Gasteiger partial charge in [0.15, 0.2) is 5.76 Å². The van der Waals surface area contributed by atoms with Gasteiger partial charge in [-0.05, 0) is 38.1 Å². The molecule has 0 spiro atoms. The number of piperazine rings is 1. The minimum atomic E-state index is -0.321. The van der Waals surface area contributed by atoms with Gasteiger partial charge in [0.25, 0.3) is 5.91 Å². The van der Waals surface area contributed by atoms with Crippen molar-refractivity contribution in [2.75, 3.05) is 38.1 Å². The van der Waals surface area contributed by atoms with Crippen LogP contribution in [0.15, 0.2) is 59.0 Å². The lowest BCUT2D eigenvalue weighted by Crippen LogP contribution is -2.54. The number of ether oxygens (including phenoxy) is 1. The third-order valence-corrected chi connectivity index (χ3v) is 5.61. The Morgan fingerprint density at radius 2 is 1.77 bits per heavy atom. The van der Waals surface area contributed by atoms with Crippen LogP contribution in [0.3, 0.4) is 0 Å². The molecule has 1 fully saturated rings. The van der Waals surface area contributed by atoms with E-state index in [4.69, 9.17) is 9.15 Å². The van der Waals surface area contributed by atoms with Gasteiger partial charge in [-0.2, -0.15) is 0 Å². The maximum absolute atomic E-state index is 12.8. The summed E-state index contributed by atoms with van der Waals surface area (Å²) >= 11 is 0. The number of nitrogens with zero attached hydrogens (tertiary/aromatic N) is 2. The first-order valence-electron chi connectivity index (χ1n) is 10.6. The highest BCUT2D eigenvalue weighted by molar-refractivity contribution is 5.97. The van der Waals surface area contributed by atoms with Gasteiger partial charge in [-0.15, -0.1) is 0 Å². The summed E-state index contributed by atoms with van der Waals surface area (Å²) in [4.78, 5) is 29.5. The first-order valence-corrected chi connectivity index (χ1v) is 10.6. The molecule has 3 aromatic rings. The van der Waals surface area contributed by atoms with Crippen LogP contribution in [0.1, 0.15) is 24.4 Å². The van der Waals surface area contributed by atoms with E-state index >= 15 is 0 Å². The van der Waals surface area contributed by atoms with Gasteiger partial charge in [-0.1, -0.05) is 30.3 Å². The molecular formula is C24H27N3O4. The van der Waals surface area contributed by atoms with E-state index in [1.807, 2.05) is 62.4 Å². The number of amides is 2. The highest BCUT2D eigenvalue weighted by atomic mass is 16.5. The number of carbonyl (C=O) groups excluding carboxylic acids is 2. The first kappa shape index (κ1) is 20.9. The molecule has 2 amide bonds. The molecule has 2 aromatic carbocycles. The minimum absolute atomic E-state index is 0.0933. The lowest BCUT2D eigenvalue weighted by atomic mass is 10.2. The van der Waals surface area contributed by atoms with Crippen LogP contribution in [0.25, 0.3) is 11.0 Å². The highest BCUT2D eigenvalue weighted by Crippen LogP contribution is 2.24. The Kier molecular flexibility index (Phi) is 6.23. The molecular weight excluding hydrogens is 394 g/mol. The van der Waals surface area contributed by atoms with Gasteiger partial charge >= 0.3 is 0 Å². The van der Waals surface area contributed by atoms with Gasteiger partial charge in [-0.25, -0.2) is 0 Å². The third kappa shape index (κ3) is 4.56. The van der Waals surface area contributed by atoms with Crippen LogP contribution in [0.4, 0.5) is 5.69 Å². The standard InChI is InChI=1S/C24H27N3O4/c1-3-30-21-11-7-5-9-19(21)25-23(28)17(2)26-12-14-27(15-13-26)24(29)22-16-18-8-4-6-10-20(18)31-22/h4-11,16-17H,3,12-15H2,1-2H3,(H,25,28). The van der Waals surface area contributed by atoms with Crippen molar-refractivity contribution in [1.29, 1.82) is 0 Å². The van der Waals surface area contributed by atoms with E-state index in [-0.39, 0.29) is 17.9 Å². The molecule has 1 aliphatic heterocycles. The van der Waals surface area contributed by atoms with E-state index in [9.17, 15) is 9.59 Å². The second kappa shape index (κ2) is 9.22. The van der Waals surface area contributed by atoms with Crippen LogP contribution >= 0.6 is 0 Å². The van der Waals surface area contributed by atoms with Crippen molar-refractivity contribution in [3.63, 3.8) is 0 Å². The van der Waals surface area contributed by atoms with E-state index in [1.54, 1.807) is 11.0 Å². The number of nitrogens with one attached hydrogen (secondary N) is 1. The SMILES string of the molecule is CCOc1ccccc1NC(=O)C(C)N1CCN(C(=O)c2cc3ccccc3o2)CC1. The van der Waals surface area contributed by atoms with E-state index in [1.165, 1.54) is 0 Å². The Balaban J connectivity index is 1.34. The summed E-state index contributed by atoms with van der Waals surface area (Å²) in [6, 6.07) is 16.5. The molecule has 2 heterocycles. The van der Waals surface area contributed by atoms with Crippen molar-refractivity contribution in [3.05, 3.63) is 60.4 Å². The number of fused-ring (bicyclic) bond motifs is 1. The van der Waals surface area contributed by atoms with Gasteiger partial charge in [0.1, 0.15) is 11.3 Å². The monoisotopic (exact) mass is 421 g/mol. The second-order valence-corrected chi connectivity index (χ2v) is 7.57. The number of benzene rings is 2. The molecule has 7 heteroatoms. The van der Waals surface area contributed by atoms with E-state index in [0.717, 1.165) is 5.39 Å². The van der Waals surface area contributed by atoms with Crippen molar-refractivity contribution < 1.29 is 18.7 Å². The number of anilines is 1. The predicted molar refractivity (Wildman–Crippen MR) is 119 cm³/mol. The van der Waals surface area contributed by atoms with Crippen molar-refractivity contribution in [2.24, 2.45) is 0 Å². The number of carbonyl (C=O) groups is 2. The van der Waals surface area contributed by atoms with Crippen molar-refractivity contribution >= 4 is 28.5 Å². The van der Waals surface area contributed by atoms with Crippen LogP contribution < -0.4 is 10.1 Å². The van der Waals surface area contributed by atoms with Crippen LogP contribution in [0.5, 0.6) is 5.75 Å². The summed E-state index contributed by atoms with van der Waals surface area (Å²) in [5.41, 5.74) is 1.38. The quantitative estimate of drug-likeness (QED) is 0.658. The Hall–Kier alpha value is -3.32. The molecule has 1 aromatic heterocycles. The zero-order valence-electron chi connectivity index (χ0n) is 17.8. The summed E-state index contributed by atoms with van der Waals surface area (Å²) in [5, 5.41) is 3.88. The summed E-state index contributed by atoms with van der Waals surface area (Å²) in [7, 11) is 0. The number of furan rings is 1. The number of para-hydroxylation sites is 3. The lowest BCUT2D eigenvalue weighted by molar-refractivity contribution is -0.121. The van der Waals surface area contributed by atoms with E-state index < -0.39 is 0 Å². The molecule has 0 aliphatic carbocycles. The molecule has 4 rings (SSSR count). The number of hydrogen-bond acceptors (Lipinski definition) is 5. The third-order valence-electron chi connectivity index (χ3n) is 5.61. The van der Waals surface area contributed by atoms with Gasteiger partial charge in [0.05, 0.1) is 18.3 Å². The normalized spacial score (nSPS) is 15.6. The summed E-state index contributed by atoms with van der Waals surface area (Å²) in [5.74, 6) is 0.808. The fourth-order valence-corrected chi connectivity index (χ4v) is 3.81. The van der Waals surface area contributed by atoms with Gasteiger partial charge in [-0.3, -0.25) is 14.5 Å².